The smallest absolute Gasteiger partial charge is 0.127 e. The maximum Gasteiger partial charge on any atom is 0.127 e. The second kappa shape index (κ2) is 5.92. The van der Waals surface area contributed by atoms with Crippen LogP contribution in [0.2, 0.25) is 0 Å². The molecule has 0 radical (unpaired) electrons. The Kier molecular flexibility index (Phi) is 3.99. The molecule has 21 heavy (non-hydrogen) atoms. The lowest BCUT2D eigenvalue weighted by Gasteiger charge is -2.21. The van der Waals surface area contributed by atoms with Crippen molar-refractivity contribution in [2.75, 3.05) is 14.2 Å². The summed E-state index contributed by atoms with van der Waals surface area (Å²) in [6.07, 6.45) is 3.67. The van der Waals surface area contributed by atoms with Crippen LogP contribution in [0.15, 0.2) is 36.7 Å². The fourth-order valence-corrected chi connectivity index (χ4v) is 2.99. The second-order valence-corrected chi connectivity index (χ2v) is 5.41. The molecule has 1 aliphatic rings. The van der Waals surface area contributed by atoms with E-state index >= 15 is 0 Å². The summed E-state index contributed by atoms with van der Waals surface area (Å²) in [5.41, 5.74) is 3.28. The van der Waals surface area contributed by atoms with E-state index in [1.807, 2.05) is 30.5 Å². The van der Waals surface area contributed by atoms with Crippen LogP contribution in [0.1, 0.15) is 22.2 Å². The van der Waals surface area contributed by atoms with Crippen molar-refractivity contribution in [1.29, 1.82) is 0 Å². The van der Waals surface area contributed by atoms with Crippen LogP contribution in [0.4, 0.5) is 0 Å². The van der Waals surface area contributed by atoms with E-state index in [9.17, 15) is 0 Å². The lowest BCUT2D eigenvalue weighted by atomic mass is 10.1. The van der Waals surface area contributed by atoms with Gasteiger partial charge in [0.1, 0.15) is 17.0 Å². The van der Waals surface area contributed by atoms with Gasteiger partial charge >= 0.3 is 0 Å². The average Bonchev–Trinajstić information content (AvgIpc) is 2.84. The zero-order valence-corrected chi connectivity index (χ0v) is 12.8. The zero-order valence-electron chi connectivity index (χ0n) is 12.0. The third-order valence-corrected chi connectivity index (χ3v) is 4.27. The van der Waals surface area contributed by atoms with Gasteiger partial charge in [-0.05, 0) is 23.3 Å². The van der Waals surface area contributed by atoms with E-state index < -0.39 is 0 Å². The number of hydrogen-bond donors (Lipinski definition) is 0. The summed E-state index contributed by atoms with van der Waals surface area (Å²) in [6.45, 7) is 1.52. The van der Waals surface area contributed by atoms with Gasteiger partial charge in [0.05, 0.1) is 14.2 Å². The third kappa shape index (κ3) is 2.69. The van der Waals surface area contributed by atoms with Crippen molar-refractivity contribution in [3.05, 3.63) is 53.3 Å². The molecule has 1 unspecified atom stereocenters. The SMILES string of the molecule is COc1ccc(CN2Cc3cnccc3C2Cl)c(OC)c1. The van der Waals surface area contributed by atoms with Crippen molar-refractivity contribution in [1.82, 2.24) is 9.88 Å². The Balaban J connectivity index is 1.82. The van der Waals surface area contributed by atoms with Crippen molar-refractivity contribution < 1.29 is 9.47 Å². The Morgan fingerprint density at radius 1 is 1.29 bits per heavy atom. The summed E-state index contributed by atoms with van der Waals surface area (Å²) < 4.78 is 10.7. The van der Waals surface area contributed by atoms with Gasteiger partial charge in [-0.15, -0.1) is 11.6 Å². The first-order valence-electron chi connectivity index (χ1n) is 6.74. The highest BCUT2D eigenvalue weighted by Crippen LogP contribution is 2.38. The van der Waals surface area contributed by atoms with Crippen LogP contribution in [0.3, 0.4) is 0 Å². The number of hydrogen-bond acceptors (Lipinski definition) is 4. The second-order valence-electron chi connectivity index (χ2n) is 4.99. The van der Waals surface area contributed by atoms with Crippen molar-refractivity contribution in [3.8, 4) is 11.5 Å². The number of benzene rings is 1. The highest BCUT2D eigenvalue weighted by atomic mass is 35.5. The van der Waals surface area contributed by atoms with E-state index in [1.165, 1.54) is 5.56 Å². The molecule has 1 aromatic carbocycles. The van der Waals surface area contributed by atoms with Gasteiger partial charge in [0.15, 0.2) is 0 Å². The molecule has 2 heterocycles. The maximum atomic E-state index is 6.55. The summed E-state index contributed by atoms with van der Waals surface area (Å²) in [5.74, 6) is 1.60. The topological polar surface area (TPSA) is 34.6 Å². The van der Waals surface area contributed by atoms with Gasteiger partial charge in [-0.25, -0.2) is 0 Å². The van der Waals surface area contributed by atoms with Crippen LogP contribution in [0, 0.1) is 0 Å². The summed E-state index contributed by atoms with van der Waals surface area (Å²) in [6, 6.07) is 7.83. The van der Waals surface area contributed by atoms with Crippen molar-refractivity contribution in [2.24, 2.45) is 0 Å². The number of halogens is 1. The lowest BCUT2D eigenvalue weighted by molar-refractivity contribution is 0.258. The molecule has 5 heteroatoms. The number of pyridine rings is 1. The van der Waals surface area contributed by atoms with Gasteiger partial charge in [-0.2, -0.15) is 0 Å². The molecule has 0 N–H and O–H groups in total. The highest BCUT2D eigenvalue weighted by molar-refractivity contribution is 6.20. The van der Waals surface area contributed by atoms with Crippen molar-refractivity contribution in [2.45, 2.75) is 18.6 Å². The fourth-order valence-electron chi connectivity index (χ4n) is 2.64. The summed E-state index contributed by atoms with van der Waals surface area (Å²) in [4.78, 5) is 6.35. The molecular weight excluding hydrogens is 288 g/mol. The van der Waals surface area contributed by atoms with E-state index in [4.69, 9.17) is 21.1 Å². The first-order chi connectivity index (χ1) is 10.2. The quantitative estimate of drug-likeness (QED) is 0.641. The first-order valence-corrected chi connectivity index (χ1v) is 7.18. The normalized spacial score (nSPS) is 17.6. The van der Waals surface area contributed by atoms with Gasteiger partial charge in [0.2, 0.25) is 0 Å². The van der Waals surface area contributed by atoms with Crippen LogP contribution < -0.4 is 9.47 Å². The molecule has 0 saturated carbocycles. The Bertz CT molecular complexity index is 648. The van der Waals surface area contributed by atoms with Gasteiger partial charge in [0.25, 0.3) is 0 Å². The van der Waals surface area contributed by atoms with Crippen LogP contribution >= 0.6 is 11.6 Å². The minimum absolute atomic E-state index is 0.130. The molecular formula is C16H17ClN2O2. The van der Waals surface area contributed by atoms with E-state index in [0.29, 0.717) is 0 Å². The van der Waals surface area contributed by atoms with Crippen LogP contribution in [-0.2, 0) is 13.1 Å². The zero-order chi connectivity index (χ0) is 14.8. The van der Waals surface area contributed by atoms with Gasteiger partial charge in [-0.1, -0.05) is 6.07 Å². The first kappa shape index (κ1) is 14.2. The Morgan fingerprint density at radius 3 is 2.86 bits per heavy atom. The average molecular weight is 305 g/mol. The molecule has 3 rings (SSSR count). The number of rotatable bonds is 4. The van der Waals surface area contributed by atoms with Gasteiger partial charge in [0, 0.05) is 37.1 Å². The van der Waals surface area contributed by atoms with E-state index in [-0.39, 0.29) is 5.50 Å². The van der Waals surface area contributed by atoms with Crippen LogP contribution in [0.25, 0.3) is 0 Å². The van der Waals surface area contributed by atoms with Crippen LogP contribution in [-0.4, -0.2) is 24.1 Å². The molecule has 1 aliphatic heterocycles. The summed E-state index contributed by atoms with van der Waals surface area (Å²) in [7, 11) is 3.31. The molecule has 1 atom stereocenters. The Morgan fingerprint density at radius 2 is 2.14 bits per heavy atom. The molecule has 2 aromatic rings. The van der Waals surface area contributed by atoms with Gasteiger partial charge in [-0.3, -0.25) is 9.88 Å². The molecule has 110 valence electrons. The molecule has 0 saturated heterocycles. The fraction of sp³-hybridized carbons (Fsp3) is 0.312. The predicted molar refractivity (Wildman–Crippen MR) is 81.6 cm³/mol. The predicted octanol–water partition coefficient (Wildman–Crippen LogP) is 3.35. The molecule has 0 fully saturated rings. The maximum absolute atomic E-state index is 6.55. The number of ether oxygens (including phenoxy) is 2. The highest BCUT2D eigenvalue weighted by Gasteiger charge is 2.29. The number of fused-ring (bicyclic) bond motifs is 1. The van der Waals surface area contributed by atoms with E-state index in [2.05, 4.69) is 9.88 Å². The molecule has 0 bridgehead atoms. The summed E-state index contributed by atoms with van der Waals surface area (Å²) >= 11 is 6.55. The molecule has 1 aromatic heterocycles. The van der Waals surface area contributed by atoms with Crippen molar-refractivity contribution in [3.63, 3.8) is 0 Å². The largest absolute Gasteiger partial charge is 0.497 e. The molecule has 0 aliphatic carbocycles. The monoisotopic (exact) mass is 304 g/mol. The minimum Gasteiger partial charge on any atom is -0.497 e. The molecule has 4 nitrogen and oxygen atoms in total. The van der Waals surface area contributed by atoms with Crippen LogP contribution in [0.5, 0.6) is 11.5 Å². The minimum atomic E-state index is -0.130. The lowest BCUT2D eigenvalue weighted by Crippen LogP contribution is -2.18. The van der Waals surface area contributed by atoms with E-state index in [0.717, 1.165) is 35.7 Å². The number of alkyl halides is 1. The number of aromatic nitrogens is 1. The summed E-state index contributed by atoms with van der Waals surface area (Å²) in [5, 5.41) is 0. The van der Waals surface area contributed by atoms with Gasteiger partial charge < -0.3 is 9.47 Å². The van der Waals surface area contributed by atoms with E-state index in [1.54, 1.807) is 20.4 Å². The Labute approximate surface area is 129 Å². The molecule has 0 amide bonds. The Hall–Kier alpha value is -1.78. The standard InChI is InChI=1S/C16H17ClN2O2/c1-20-13-4-3-11(15(7-13)21-2)9-19-10-12-8-18-6-5-14(12)16(19)17/h3-8,16H,9-10H2,1-2H3. The third-order valence-electron chi connectivity index (χ3n) is 3.76. The number of methoxy groups -OCH3 is 2. The molecule has 0 spiro atoms. The number of nitrogens with zero attached hydrogens (tertiary/aromatic N) is 2. The van der Waals surface area contributed by atoms with Crippen molar-refractivity contribution >= 4 is 11.6 Å².